The highest BCUT2D eigenvalue weighted by Crippen LogP contribution is 2.27. The van der Waals surface area contributed by atoms with Gasteiger partial charge in [0.05, 0.1) is 14.2 Å². The minimum Gasteiger partial charge on any atom is -0.504 e. The molecular weight excluding hydrogens is 304 g/mol. The lowest BCUT2D eigenvalue weighted by atomic mass is 10.1. The van der Waals surface area contributed by atoms with Gasteiger partial charge in [0.1, 0.15) is 5.75 Å². The summed E-state index contributed by atoms with van der Waals surface area (Å²) in [7, 11) is 3.25. The van der Waals surface area contributed by atoms with Crippen LogP contribution in [0, 0.1) is 0 Å². The molecule has 0 atom stereocenters. The summed E-state index contributed by atoms with van der Waals surface area (Å²) in [4.78, 5) is 4.79. The van der Waals surface area contributed by atoms with E-state index in [1.54, 1.807) is 20.3 Å². The Morgan fingerprint density at radius 2 is 1.62 bits per heavy atom. The van der Waals surface area contributed by atoms with Gasteiger partial charge >= 0.3 is 0 Å². The Kier molecular flexibility index (Phi) is 5.11. The molecule has 24 heavy (non-hydrogen) atoms. The summed E-state index contributed by atoms with van der Waals surface area (Å²) in [6.45, 7) is 4.83. The van der Waals surface area contributed by atoms with Crippen molar-refractivity contribution in [2.75, 3.05) is 45.3 Å². The van der Waals surface area contributed by atoms with Gasteiger partial charge in [-0.3, -0.25) is 4.90 Å². The number of piperazine rings is 1. The normalized spacial score (nSPS) is 15.3. The van der Waals surface area contributed by atoms with Crippen LogP contribution in [0.3, 0.4) is 0 Å². The number of methoxy groups -OCH3 is 2. The van der Waals surface area contributed by atoms with Crippen LogP contribution in [0.5, 0.6) is 17.2 Å². The number of anilines is 1. The Morgan fingerprint density at radius 1 is 0.917 bits per heavy atom. The first-order valence-electron chi connectivity index (χ1n) is 8.17. The summed E-state index contributed by atoms with van der Waals surface area (Å²) in [5.74, 6) is 1.60. The minimum absolute atomic E-state index is 0.201. The van der Waals surface area contributed by atoms with Crippen LogP contribution >= 0.6 is 0 Å². The molecule has 1 fully saturated rings. The van der Waals surface area contributed by atoms with Crippen LogP contribution in [0.25, 0.3) is 0 Å². The monoisotopic (exact) mass is 328 g/mol. The van der Waals surface area contributed by atoms with Crippen molar-refractivity contribution in [2.24, 2.45) is 0 Å². The van der Waals surface area contributed by atoms with Crippen molar-refractivity contribution in [1.82, 2.24) is 4.90 Å². The second-order valence-electron chi connectivity index (χ2n) is 5.97. The highest BCUT2D eigenvalue weighted by Gasteiger charge is 2.17. The van der Waals surface area contributed by atoms with Crippen molar-refractivity contribution in [3.8, 4) is 17.2 Å². The number of hydrogen-bond acceptors (Lipinski definition) is 5. The van der Waals surface area contributed by atoms with Crippen LogP contribution in [0.2, 0.25) is 0 Å². The van der Waals surface area contributed by atoms with Gasteiger partial charge in [-0.05, 0) is 42.0 Å². The lowest BCUT2D eigenvalue weighted by molar-refractivity contribution is 0.249. The van der Waals surface area contributed by atoms with E-state index in [2.05, 4.69) is 21.9 Å². The van der Waals surface area contributed by atoms with Gasteiger partial charge in [0.25, 0.3) is 0 Å². The molecule has 1 aliphatic rings. The van der Waals surface area contributed by atoms with Crippen LogP contribution in [0.1, 0.15) is 5.56 Å². The van der Waals surface area contributed by atoms with E-state index in [0.29, 0.717) is 5.75 Å². The van der Waals surface area contributed by atoms with Crippen LogP contribution in [-0.2, 0) is 6.54 Å². The lowest BCUT2D eigenvalue weighted by Crippen LogP contribution is -2.45. The molecule has 0 unspecified atom stereocenters. The van der Waals surface area contributed by atoms with Crippen molar-refractivity contribution in [3.63, 3.8) is 0 Å². The molecule has 1 heterocycles. The van der Waals surface area contributed by atoms with E-state index in [0.717, 1.165) is 44.0 Å². The summed E-state index contributed by atoms with van der Waals surface area (Å²) >= 11 is 0. The van der Waals surface area contributed by atoms with Crippen molar-refractivity contribution in [2.45, 2.75) is 6.54 Å². The Morgan fingerprint density at radius 3 is 2.21 bits per heavy atom. The molecule has 0 aromatic heterocycles. The van der Waals surface area contributed by atoms with Crippen LogP contribution in [0.4, 0.5) is 5.69 Å². The standard InChI is InChI=1S/C19H24N2O3/c1-23-17-6-4-16(5-7-17)21-11-9-20(10-12-21)14-15-3-8-19(24-2)18(22)13-15/h3-8,13,22H,9-12,14H2,1-2H3. The number of aromatic hydroxyl groups is 1. The number of phenolic OH excluding ortho intramolecular Hbond substituents is 1. The average Bonchev–Trinajstić information content (AvgIpc) is 2.63. The summed E-state index contributed by atoms with van der Waals surface area (Å²) in [6, 6.07) is 13.8. The van der Waals surface area contributed by atoms with Gasteiger partial charge in [-0.15, -0.1) is 0 Å². The van der Waals surface area contributed by atoms with Crippen LogP contribution in [0.15, 0.2) is 42.5 Å². The quantitative estimate of drug-likeness (QED) is 0.914. The summed E-state index contributed by atoms with van der Waals surface area (Å²) < 4.78 is 10.3. The second kappa shape index (κ2) is 7.45. The highest BCUT2D eigenvalue weighted by atomic mass is 16.5. The molecule has 1 N–H and O–H groups in total. The molecule has 0 bridgehead atoms. The topological polar surface area (TPSA) is 45.2 Å². The van der Waals surface area contributed by atoms with E-state index in [4.69, 9.17) is 9.47 Å². The largest absolute Gasteiger partial charge is 0.504 e. The first-order valence-corrected chi connectivity index (χ1v) is 8.17. The number of benzene rings is 2. The predicted octanol–water partition coefficient (Wildman–Crippen LogP) is 2.73. The van der Waals surface area contributed by atoms with E-state index < -0.39 is 0 Å². The SMILES string of the molecule is COc1ccc(N2CCN(Cc3ccc(OC)c(O)c3)CC2)cc1. The number of phenols is 1. The zero-order valence-corrected chi connectivity index (χ0v) is 14.2. The minimum atomic E-state index is 0.201. The fourth-order valence-electron chi connectivity index (χ4n) is 3.05. The fraction of sp³-hybridized carbons (Fsp3) is 0.368. The predicted molar refractivity (Wildman–Crippen MR) is 95.1 cm³/mol. The van der Waals surface area contributed by atoms with Gasteiger partial charge in [-0.1, -0.05) is 6.07 Å². The average molecular weight is 328 g/mol. The first-order chi connectivity index (χ1) is 11.7. The molecule has 5 nitrogen and oxygen atoms in total. The molecule has 1 aliphatic heterocycles. The van der Waals surface area contributed by atoms with Gasteiger partial charge in [0.15, 0.2) is 11.5 Å². The molecule has 0 amide bonds. The van der Waals surface area contributed by atoms with E-state index in [1.165, 1.54) is 5.69 Å². The smallest absolute Gasteiger partial charge is 0.160 e. The maximum Gasteiger partial charge on any atom is 0.160 e. The van der Waals surface area contributed by atoms with Crippen LogP contribution in [-0.4, -0.2) is 50.4 Å². The number of ether oxygens (including phenoxy) is 2. The Labute approximate surface area is 143 Å². The zero-order valence-electron chi connectivity index (χ0n) is 14.2. The number of hydrogen-bond donors (Lipinski definition) is 1. The van der Waals surface area contributed by atoms with E-state index >= 15 is 0 Å². The Bertz CT molecular complexity index is 665. The number of rotatable bonds is 5. The molecule has 2 aromatic carbocycles. The molecule has 0 spiro atoms. The van der Waals surface area contributed by atoms with Crippen molar-refractivity contribution < 1.29 is 14.6 Å². The molecule has 3 rings (SSSR count). The third kappa shape index (κ3) is 3.74. The van der Waals surface area contributed by atoms with Crippen LogP contribution < -0.4 is 14.4 Å². The van der Waals surface area contributed by atoms with Gasteiger partial charge in [-0.25, -0.2) is 0 Å². The second-order valence-corrected chi connectivity index (χ2v) is 5.97. The van der Waals surface area contributed by atoms with E-state index in [1.807, 2.05) is 24.3 Å². The molecule has 2 aromatic rings. The number of nitrogens with zero attached hydrogens (tertiary/aromatic N) is 2. The maximum absolute atomic E-state index is 9.89. The zero-order chi connectivity index (χ0) is 16.9. The van der Waals surface area contributed by atoms with Gasteiger partial charge in [0.2, 0.25) is 0 Å². The summed E-state index contributed by atoms with van der Waals surface area (Å²) in [6.07, 6.45) is 0. The van der Waals surface area contributed by atoms with Crippen molar-refractivity contribution in [3.05, 3.63) is 48.0 Å². The van der Waals surface area contributed by atoms with Crippen molar-refractivity contribution >= 4 is 5.69 Å². The molecule has 1 saturated heterocycles. The third-order valence-electron chi connectivity index (χ3n) is 4.46. The molecule has 0 radical (unpaired) electrons. The summed E-state index contributed by atoms with van der Waals surface area (Å²) in [5.41, 5.74) is 2.34. The summed E-state index contributed by atoms with van der Waals surface area (Å²) in [5, 5.41) is 9.89. The first kappa shape index (κ1) is 16.5. The van der Waals surface area contributed by atoms with E-state index in [9.17, 15) is 5.11 Å². The van der Waals surface area contributed by atoms with Gasteiger partial charge in [-0.2, -0.15) is 0 Å². The Balaban J connectivity index is 1.55. The maximum atomic E-state index is 9.89. The molecule has 5 heteroatoms. The highest BCUT2D eigenvalue weighted by molar-refractivity contribution is 5.49. The molecule has 0 aliphatic carbocycles. The molecule has 0 saturated carbocycles. The van der Waals surface area contributed by atoms with Crippen molar-refractivity contribution in [1.29, 1.82) is 0 Å². The molecular formula is C19H24N2O3. The van der Waals surface area contributed by atoms with Gasteiger partial charge in [0, 0.05) is 38.4 Å². The van der Waals surface area contributed by atoms with E-state index in [-0.39, 0.29) is 5.75 Å². The van der Waals surface area contributed by atoms with Gasteiger partial charge < -0.3 is 19.5 Å². The lowest BCUT2D eigenvalue weighted by Gasteiger charge is -2.36. The molecule has 128 valence electrons. The Hall–Kier alpha value is -2.40. The third-order valence-corrected chi connectivity index (χ3v) is 4.46. The fourth-order valence-corrected chi connectivity index (χ4v) is 3.05.